The summed E-state index contributed by atoms with van der Waals surface area (Å²) in [5.74, 6) is -0.315. The van der Waals surface area contributed by atoms with E-state index in [1.165, 1.54) is 22.2 Å². The van der Waals surface area contributed by atoms with Gasteiger partial charge >= 0.3 is 0 Å². The average molecular weight is 288 g/mol. The number of thiazole rings is 1. The predicted octanol–water partition coefficient (Wildman–Crippen LogP) is 1.29. The normalized spacial score (nSPS) is 10.3. The topological polar surface area (TPSA) is 72.7 Å². The Bertz CT molecular complexity index is 493. The summed E-state index contributed by atoms with van der Waals surface area (Å²) in [4.78, 5) is 15.5. The van der Waals surface area contributed by atoms with Gasteiger partial charge in [0.25, 0.3) is 5.91 Å². The van der Waals surface area contributed by atoms with Gasteiger partial charge < -0.3 is 0 Å². The first-order chi connectivity index (χ1) is 7.15. The molecule has 1 N–H and O–H groups in total. The zero-order valence-corrected chi connectivity index (χ0v) is 10.0. The monoisotopic (exact) mass is 287 g/mol. The Hall–Kier alpha value is -1.28. The van der Waals surface area contributed by atoms with Gasteiger partial charge in [0, 0.05) is 7.05 Å². The fraction of sp³-hybridized carbons (Fsp3) is 0.143. The second-order valence-corrected chi connectivity index (χ2v) is 5.11. The molecule has 1 amide bonds. The summed E-state index contributed by atoms with van der Waals surface area (Å²) in [6.07, 6.45) is 3.16. The van der Waals surface area contributed by atoms with Crippen molar-refractivity contribution in [3.63, 3.8) is 0 Å². The molecule has 2 aromatic heterocycles. The minimum Gasteiger partial charge on any atom is -0.296 e. The van der Waals surface area contributed by atoms with Crippen LogP contribution in [0, 0.1) is 0 Å². The van der Waals surface area contributed by atoms with Gasteiger partial charge in [0.2, 0.25) is 0 Å². The first-order valence-electron chi connectivity index (χ1n) is 3.94. The van der Waals surface area contributed by atoms with Crippen LogP contribution < -0.4 is 5.32 Å². The van der Waals surface area contributed by atoms with Crippen LogP contribution >= 0.6 is 27.3 Å². The molecular weight excluding hydrogens is 282 g/mol. The van der Waals surface area contributed by atoms with Crippen molar-refractivity contribution in [2.24, 2.45) is 7.05 Å². The van der Waals surface area contributed by atoms with Crippen molar-refractivity contribution in [1.29, 1.82) is 0 Å². The third kappa shape index (κ3) is 2.39. The molecule has 78 valence electrons. The Morgan fingerprint density at radius 1 is 1.67 bits per heavy atom. The number of carbonyl (C=O) groups excluding carboxylic acids is 1. The summed E-state index contributed by atoms with van der Waals surface area (Å²) in [7, 11) is 1.70. The van der Waals surface area contributed by atoms with E-state index in [4.69, 9.17) is 0 Å². The van der Waals surface area contributed by atoms with Gasteiger partial charge in [-0.1, -0.05) is 16.6 Å². The Morgan fingerprint density at radius 3 is 3.00 bits per heavy atom. The van der Waals surface area contributed by atoms with Gasteiger partial charge in [-0.3, -0.25) is 14.8 Å². The number of carbonyl (C=O) groups is 1. The molecule has 0 saturated carbocycles. The zero-order chi connectivity index (χ0) is 10.8. The summed E-state index contributed by atoms with van der Waals surface area (Å²) < 4.78 is 2.32. The fourth-order valence-electron chi connectivity index (χ4n) is 0.925. The second-order valence-electron chi connectivity index (χ2n) is 2.70. The van der Waals surface area contributed by atoms with Crippen LogP contribution in [0.1, 0.15) is 10.5 Å². The van der Waals surface area contributed by atoms with Crippen LogP contribution in [0.3, 0.4) is 0 Å². The third-order valence-electron chi connectivity index (χ3n) is 1.53. The van der Waals surface area contributed by atoms with Crippen molar-refractivity contribution in [3.8, 4) is 0 Å². The Labute approximate surface area is 97.5 Å². The molecule has 0 saturated heterocycles. The van der Waals surface area contributed by atoms with Crippen LogP contribution in [-0.4, -0.2) is 25.9 Å². The van der Waals surface area contributed by atoms with Crippen LogP contribution in [-0.2, 0) is 7.05 Å². The number of hydrogen-bond donors (Lipinski definition) is 1. The molecule has 0 radical (unpaired) electrons. The average Bonchev–Trinajstić information content (AvgIpc) is 2.75. The number of nitrogens with zero attached hydrogens (tertiary/aromatic N) is 4. The van der Waals surface area contributed by atoms with Gasteiger partial charge in [0.15, 0.2) is 10.8 Å². The van der Waals surface area contributed by atoms with E-state index in [2.05, 4.69) is 36.5 Å². The smallest absolute Gasteiger partial charge is 0.279 e. The number of aryl methyl sites for hydroxylation is 1. The lowest BCUT2D eigenvalue weighted by Gasteiger charge is -1.95. The maximum Gasteiger partial charge on any atom is 0.279 e. The third-order valence-corrected chi connectivity index (χ3v) is 2.92. The first-order valence-corrected chi connectivity index (χ1v) is 5.55. The molecule has 0 spiro atoms. The van der Waals surface area contributed by atoms with Gasteiger partial charge in [-0.05, 0) is 15.9 Å². The highest BCUT2D eigenvalue weighted by Gasteiger charge is 2.11. The van der Waals surface area contributed by atoms with Crippen molar-refractivity contribution < 1.29 is 4.79 Å². The van der Waals surface area contributed by atoms with Crippen molar-refractivity contribution in [2.45, 2.75) is 0 Å². The molecule has 8 heteroatoms. The minimum absolute atomic E-state index is 0.267. The van der Waals surface area contributed by atoms with Crippen molar-refractivity contribution in [1.82, 2.24) is 20.0 Å². The quantitative estimate of drug-likeness (QED) is 0.903. The van der Waals surface area contributed by atoms with Crippen molar-refractivity contribution in [3.05, 3.63) is 21.9 Å². The molecule has 0 aliphatic rings. The minimum atomic E-state index is -0.315. The lowest BCUT2D eigenvalue weighted by molar-refractivity contribution is 0.102. The largest absolute Gasteiger partial charge is 0.296 e. The standard InChI is InChI=1S/C7H6BrN5OS/c1-13-3-4(11-12-13)6(14)10-7-9-2-5(8)15-7/h2-3H,1H3,(H,9,10,14). The summed E-state index contributed by atoms with van der Waals surface area (Å²) in [5.41, 5.74) is 0.267. The van der Waals surface area contributed by atoms with Crippen molar-refractivity contribution in [2.75, 3.05) is 5.32 Å². The fourth-order valence-corrected chi connectivity index (χ4v) is 2.03. The summed E-state index contributed by atoms with van der Waals surface area (Å²) in [5, 5.41) is 10.5. The Kier molecular flexibility index (Phi) is 2.78. The van der Waals surface area contributed by atoms with E-state index in [1.807, 2.05) is 0 Å². The number of rotatable bonds is 2. The molecule has 15 heavy (non-hydrogen) atoms. The van der Waals surface area contributed by atoms with Crippen LogP contribution in [0.2, 0.25) is 0 Å². The van der Waals surface area contributed by atoms with Crippen LogP contribution in [0.5, 0.6) is 0 Å². The van der Waals surface area contributed by atoms with E-state index in [0.29, 0.717) is 5.13 Å². The lowest BCUT2D eigenvalue weighted by Crippen LogP contribution is -2.12. The molecule has 0 aliphatic carbocycles. The highest BCUT2D eigenvalue weighted by Crippen LogP contribution is 2.23. The van der Waals surface area contributed by atoms with Gasteiger partial charge in [0.1, 0.15) is 0 Å². The summed E-state index contributed by atoms with van der Waals surface area (Å²) >= 11 is 4.59. The SMILES string of the molecule is Cn1cc(C(=O)Nc2ncc(Br)s2)nn1. The number of anilines is 1. The lowest BCUT2D eigenvalue weighted by atomic mass is 10.4. The Morgan fingerprint density at radius 2 is 2.47 bits per heavy atom. The maximum absolute atomic E-state index is 11.6. The number of amides is 1. The molecule has 0 fully saturated rings. The molecule has 0 bridgehead atoms. The molecule has 0 aliphatic heterocycles. The number of hydrogen-bond acceptors (Lipinski definition) is 5. The number of halogens is 1. The number of aromatic nitrogens is 4. The maximum atomic E-state index is 11.6. The molecule has 2 heterocycles. The van der Waals surface area contributed by atoms with Gasteiger partial charge in [-0.25, -0.2) is 4.98 Å². The number of nitrogens with one attached hydrogen (secondary N) is 1. The Balaban J connectivity index is 2.10. The first kappa shape index (κ1) is 10.2. The molecule has 0 atom stereocenters. The van der Waals surface area contributed by atoms with E-state index in [0.717, 1.165) is 3.79 Å². The summed E-state index contributed by atoms with van der Waals surface area (Å²) in [6, 6.07) is 0. The van der Waals surface area contributed by atoms with Gasteiger partial charge in [-0.2, -0.15) is 0 Å². The van der Waals surface area contributed by atoms with Gasteiger partial charge in [0.05, 0.1) is 16.2 Å². The van der Waals surface area contributed by atoms with Crippen molar-refractivity contribution >= 4 is 38.3 Å². The van der Waals surface area contributed by atoms with Crippen LogP contribution in [0.4, 0.5) is 5.13 Å². The van der Waals surface area contributed by atoms with Crippen LogP contribution in [0.25, 0.3) is 0 Å². The summed E-state index contributed by atoms with van der Waals surface area (Å²) in [6.45, 7) is 0. The van der Waals surface area contributed by atoms with E-state index >= 15 is 0 Å². The molecule has 0 unspecified atom stereocenters. The molecule has 2 rings (SSSR count). The van der Waals surface area contributed by atoms with E-state index < -0.39 is 0 Å². The molecular formula is C7H6BrN5OS. The predicted molar refractivity (Wildman–Crippen MR) is 58.8 cm³/mol. The van der Waals surface area contributed by atoms with E-state index in [-0.39, 0.29) is 11.6 Å². The zero-order valence-electron chi connectivity index (χ0n) is 7.64. The van der Waals surface area contributed by atoms with E-state index in [9.17, 15) is 4.79 Å². The molecule has 2 aromatic rings. The molecule has 0 aromatic carbocycles. The highest BCUT2D eigenvalue weighted by molar-refractivity contribution is 9.11. The van der Waals surface area contributed by atoms with Crippen LogP contribution in [0.15, 0.2) is 16.2 Å². The van der Waals surface area contributed by atoms with E-state index in [1.54, 1.807) is 13.2 Å². The van der Waals surface area contributed by atoms with Gasteiger partial charge in [-0.15, -0.1) is 5.10 Å². The molecule has 6 nitrogen and oxygen atoms in total. The second kappa shape index (κ2) is 4.07. The highest BCUT2D eigenvalue weighted by atomic mass is 79.9.